The van der Waals surface area contributed by atoms with Crippen LogP contribution >= 0.6 is 11.6 Å². The summed E-state index contributed by atoms with van der Waals surface area (Å²) in [6.45, 7) is 12.6. The molecule has 0 aromatic rings. The van der Waals surface area contributed by atoms with Crippen molar-refractivity contribution < 1.29 is 4.79 Å². The molecule has 9 heteroatoms. The average molecular weight is 678 g/mol. The Labute approximate surface area is 293 Å². The maximum atomic E-state index is 15.0. The summed E-state index contributed by atoms with van der Waals surface area (Å²) in [6.07, 6.45) is 21.0. The highest BCUT2D eigenvalue weighted by Gasteiger charge is 2.60. The van der Waals surface area contributed by atoms with E-state index in [2.05, 4.69) is 53.6 Å². The summed E-state index contributed by atoms with van der Waals surface area (Å²) in [5.41, 5.74) is 13.8. The number of nitrogens with zero attached hydrogens (tertiary/aromatic N) is 2. The summed E-state index contributed by atoms with van der Waals surface area (Å²) in [7, 11) is 2.26. The lowest BCUT2D eigenvalue weighted by molar-refractivity contribution is -0.135. The molecule has 5 rings (SSSR count). The predicted molar refractivity (Wildman–Crippen MR) is 197 cm³/mol. The van der Waals surface area contributed by atoms with Crippen molar-refractivity contribution in [2.45, 2.75) is 171 Å². The molecule has 0 radical (unpaired) electrons. The number of rotatable bonds is 10. The fourth-order valence-corrected chi connectivity index (χ4v) is 11.5. The molecule has 3 saturated heterocycles. The van der Waals surface area contributed by atoms with Crippen LogP contribution in [0, 0.1) is 16.7 Å². The summed E-state index contributed by atoms with van der Waals surface area (Å²) in [6, 6.07) is -0.0609. The summed E-state index contributed by atoms with van der Waals surface area (Å²) in [5.74, 6) is -0.446. The Kier molecular flexibility index (Phi) is 13.1. The van der Waals surface area contributed by atoms with Gasteiger partial charge in [-0.1, -0.05) is 71.1 Å². The minimum absolute atomic E-state index is 0.00605. The number of alkyl halides is 1. The first kappa shape index (κ1) is 37.8. The Balaban J connectivity index is 1.48. The van der Waals surface area contributed by atoms with E-state index in [0.717, 1.165) is 64.8 Å². The molecular formula is C38H72ClN7O. The van der Waals surface area contributed by atoms with Gasteiger partial charge in [-0.05, 0) is 89.6 Å². The summed E-state index contributed by atoms with van der Waals surface area (Å²) < 4.78 is 0. The first-order valence-electron chi connectivity index (χ1n) is 19.9. The van der Waals surface area contributed by atoms with Crippen molar-refractivity contribution in [3.8, 4) is 0 Å². The third-order valence-electron chi connectivity index (χ3n) is 14.2. The fraction of sp³-hybridized carbons (Fsp3) is 0.974. The molecule has 2 saturated carbocycles. The van der Waals surface area contributed by atoms with Gasteiger partial charge in [-0.2, -0.15) is 0 Å². The van der Waals surface area contributed by atoms with E-state index >= 15 is 4.79 Å². The van der Waals surface area contributed by atoms with Gasteiger partial charge in [0, 0.05) is 55.2 Å². The van der Waals surface area contributed by atoms with Crippen molar-refractivity contribution in [3.05, 3.63) is 0 Å². The number of amides is 1. The van der Waals surface area contributed by atoms with E-state index in [0.29, 0.717) is 6.54 Å². The van der Waals surface area contributed by atoms with E-state index in [1.165, 1.54) is 83.5 Å². The average Bonchev–Trinajstić information content (AvgIpc) is 3.42. The van der Waals surface area contributed by atoms with Crippen LogP contribution in [0.5, 0.6) is 0 Å². The fourth-order valence-electron chi connectivity index (χ4n) is 11.3. The van der Waals surface area contributed by atoms with Crippen molar-refractivity contribution in [2.75, 3.05) is 46.3 Å². The number of carbonyl (C=O) groups is 1. The van der Waals surface area contributed by atoms with Gasteiger partial charge in [0.15, 0.2) is 0 Å². The molecular weight excluding hydrogens is 606 g/mol. The molecule has 0 aromatic heterocycles. The monoisotopic (exact) mass is 678 g/mol. The molecule has 1 amide bonds. The van der Waals surface area contributed by atoms with Gasteiger partial charge in [0.05, 0.1) is 18.1 Å². The summed E-state index contributed by atoms with van der Waals surface area (Å²) in [5, 5.41) is 11.4. The van der Waals surface area contributed by atoms with Crippen LogP contribution in [-0.2, 0) is 4.79 Å². The van der Waals surface area contributed by atoms with Gasteiger partial charge in [0.2, 0.25) is 5.91 Å². The van der Waals surface area contributed by atoms with E-state index < -0.39 is 12.1 Å². The molecule has 8 nitrogen and oxygen atoms in total. The van der Waals surface area contributed by atoms with Gasteiger partial charge in [-0.15, -0.1) is 11.6 Å². The van der Waals surface area contributed by atoms with Crippen molar-refractivity contribution >= 4 is 17.5 Å². The lowest BCUT2D eigenvalue weighted by Gasteiger charge is -2.58. The van der Waals surface area contributed by atoms with E-state index in [9.17, 15) is 0 Å². The van der Waals surface area contributed by atoms with Crippen LogP contribution < -0.4 is 27.4 Å². The Bertz CT molecular complexity index is 995. The topological polar surface area (TPSA) is 112 Å². The number of unbranched alkanes of at least 4 members (excludes halogenated alkanes) is 3. The smallest absolute Gasteiger partial charge is 0.227 e. The number of nitrogens with two attached hydrogens (primary N) is 2. The molecule has 5 aliphatic rings. The molecule has 0 bridgehead atoms. The number of hydrogen-bond acceptors (Lipinski definition) is 7. The minimum Gasteiger partial charge on any atom is -0.350 e. The molecule has 7 N–H and O–H groups in total. The first-order chi connectivity index (χ1) is 22.5. The van der Waals surface area contributed by atoms with Crippen LogP contribution in [0.4, 0.5) is 0 Å². The van der Waals surface area contributed by atoms with Crippen molar-refractivity contribution in [1.29, 1.82) is 0 Å². The normalized spacial score (nSPS) is 34.2. The number of likely N-dealkylation sites (N-methyl/N-ethyl adjacent to an activating group) is 1. The largest absolute Gasteiger partial charge is 0.350 e. The molecule has 47 heavy (non-hydrogen) atoms. The number of fused-ring (bicyclic) bond motifs is 1. The third-order valence-corrected chi connectivity index (χ3v) is 14.6. The molecule has 5 fully saturated rings. The number of piperidine rings is 1. The van der Waals surface area contributed by atoms with Crippen LogP contribution in [0.15, 0.2) is 0 Å². The highest BCUT2D eigenvalue weighted by atomic mass is 35.5. The molecule has 3 aliphatic heterocycles. The van der Waals surface area contributed by atoms with Gasteiger partial charge in [-0.25, -0.2) is 0 Å². The van der Waals surface area contributed by atoms with E-state index in [1.54, 1.807) is 0 Å². The minimum atomic E-state index is -0.737. The zero-order chi connectivity index (χ0) is 33.7. The number of carbonyl (C=O) groups excluding carboxylic acids is 1. The lowest BCUT2D eigenvalue weighted by atomic mass is 9.51. The number of piperazine rings is 1. The molecule has 3 heterocycles. The second-order valence-electron chi connectivity index (χ2n) is 17.3. The van der Waals surface area contributed by atoms with E-state index in [1.807, 2.05) is 0 Å². The number of hydrogen-bond donors (Lipinski definition) is 5. The van der Waals surface area contributed by atoms with Gasteiger partial charge < -0.3 is 27.4 Å². The maximum absolute atomic E-state index is 15.0. The SMILES string of the molecule is CCCCCCC1(N2CCN(C)C(C)(C)C2)CCNCC1NC(=O)C(C(N)N)C1NCC(Cl)CCC2(CCCCCC2)C12CCCC2. The molecule has 5 atom stereocenters. The summed E-state index contributed by atoms with van der Waals surface area (Å²) >= 11 is 7.00. The number of halogens is 1. The Hall–Kier alpha value is -0.480. The van der Waals surface area contributed by atoms with Gasteiger partial charge in [0.1, 0.15) is 0 Å². The Morgan fingerprint density at radius 2 is 1.64 bits per heavy atom. The van der Waals surface area contributed by atoms with Crippen LogP contribution in [0.25, 0.3) is 0 Å². The lowest BCUT2D eigenvalue weighted by Crippen LogP contribution is -2.74. The van der Waals surface area contributed by atoms with Crippen LogP contribution in [0.2, 0.25) is 0 Å². The summed E-state index contributed by atoms with van der Waals surface area (Å²) in [4.78, 5) is 20.3. The number of nitrogens with one attached hydrogen (secondary N) is 3. The highest BCUT2D eigenvalue weighted by molar-refractivity contribution is 6.20. The maximum Gasteiger partial charge on any atom is 0.227 e. The van der Waals surface area contributed by atoms with E-state index in [4.69, 9.17) is 23.1 Å². The predicted octanol–water partition coefficient (Wildman–Crippen LogP) is 5.32. The molecule has 2 spiro atoms. The van der Waals surface area contributed by atoms with Crippen molar-refractivity contribution in [2.24, 2.45) is 28.2 Å². The second-order valence-corrected chi connectivity index (χ2v) is 17.9. The van der Waals surface area contributed by atoms with Crippen LogP contribution in [0.1, 0.15) is 136 Å². The van der Waals surface area contributed by atoms with Crippen molar-refractivity contribution in [3.63, 3.8) is 0 Å². The van der Waals surface area contributed by atoms with Gasteiger partial charge in [-0.3, -0.25) is 14.6 Å². The molecule has 0 aromatic carbocycles. The molecule has 2 aliphatic carbocycles. The van der Waals surface area contributed by atoms with Crippen LogP contribution in [0.3, 0.4) is 0 Å². The van der Waals surface area contributed by atoms with Crippen LogP contribution in [-0.4, -0.2) is 96.7 Å². The highest BCUT2D eigenvalue weighted by Crippen LogP contribution is 2.63. The Morgan fingerprint density at radius 1 is 0.936 bits per heavy atom. The van der Waals surface area contributed by atoms with Gasteiger partial charge >= 0.3 is 0 Å². The third kappa shape index (κ3) is 7.89. The Morgan fingerprint density at radius 3 is 2.30 bits per heavy atom. The molecule has 272 valence electrons. The van der Waals surface area contributed by atoms with Crippen molar-refractivity contribution in [1.82, 2.24) is 25.8 Å². The molecule has 5 unspecified atom stereocenters. The zero-order valence-corrected chi connectivity index (χ0v) is 31.4. The zero-order valence-electron chi connectivity index (χ0n) is 30.7. The first-order valence-corrected chi connectivity index (χ1v) is 20.3. The standard InChI is InChI=1S/C38H72ClN7O/c1-5-6-7-12-20-38(46-25-24-45(4)35(2,3)28-46)22-23-42-27-30(38)44-34(47)31(33(40)41)32-37(18-13-14-19-37)36(16-10-8-9-11-17-36)21-15-29(39)26-43-32/h29-33,42-43H,5-28,40-41H2,1-4H3,(H,44,47). The van der Waals surface area contributed by atoms with E-state index in [-0.39, 0.29) is 45.3 Å². The second kappa shape index (κ2) is 16.2. The quantitative estimate of drug-likeness (QED) is 0.121. The van der Waals surface area contributed by atoms with Gasteiger partial charge in [0.25, 0.3) is 0 Å².